The lowest BCUT2D eigenvalue weighted by Gasteiger charge is -2.12. The number of rotatable bonds is 4. The van der Waals surface area contributed by atoms with Gasteiger partial charge in [0.25, 0.3) is 0 Å². The SMILES string of the molecule is Cc1nonc1CS(=O)(=O)C(C)c1ccc(F)c(F)c1. The zero-order valence-electron chi connectivity index (χ0n) is 10.8. The van der Waals surface area contributed by atoms with Gasteiger partial charge in [0.05, 0.1) is 11.0 Å². The van der Waals surface area contributed by atoms with Crippen molar-refractivity contribution in [1.82, 2.24) is 10.3 Å². The molecule has 0 fully saturated rings. The van der Waals surface area contributed by atoms with Crippen LogP contribution in [-0.2, 0) is 15.6 Å². The van der Waals surface area contributed by atoms with E-state index in [0.29, 0.717) is 5.69 Å². The van der Waals surface area contributed by atoms with Crippen molar-refractivity contribution in [3.8, 4) is 0 Å². The summed E-state index contributed by atoms with van der Waals surface area (Å²) in [5.41, 5.74) is 0.767. The number of aryl methyl sites for hydroxylation is 1. The van der Waals surface area contributed by atoms with E-state index in [0.717, 1.165) is 12.1 Å². The Hall–Kier alpha value is -1.83. The van der Waals surface area contributed by atoms with E-state index in [-0.39, 0.29) is 17.0 Å². The fourth-order valence-corrected chi connectivity index (χ4v) is 3.12. The first-order valence-corrected chi connectivity index (χ1v) is 7.47. The van der Waals surface area contributed by atoms with E-state index in [9.17, 15) is 17.2 Å². The maximum atomic E-state index is 13.2. The van der Waals surface area contributed by atoms with Crippen LogP contribution in [0, 0.1) is 18.6 Å². The molecule has 5 nitrogen and oxygen atoms in total. The highest BCUT2D eigenvalue weighted by molar-refractivity contribution is 7.90. The number of sulfone groups is 1. The van der Waals surface area contributed by atoms with Gasteiger partial charge in [-0.25, -0.2) is 21.8 Å². The molecule has 1 aromatic heterocycles. The van der Waals surface area contributed by atoms with E-state index >= 15 is 0 Å². The van der Waals surface area contributed by atoms with Gasteiger partial charge in [0, 0.05) is 0 Å². The molecule has 0 aliphatic heterocycles. The van der Waals surface area contributed by atoms with Crippen molar-refractivity contribution in [3.05, 3.63) is 46.8 Å². The van der Waals surface area contributed by atoms with Crippen LogP contribution in [0.3, 0.4) is 0 Å². The highest BCUT2D eigenvalue weighted by Gasteiger charge is 2.26. The third kappa shape index (κ3) is 2.84. The molecular formula is C12H12F2N2O3S. The van der Waals surface area contributed by atoms with Crippen LogP contribution in [0.25, 0.3) is 0 Å². The molecule has 0 saturated carbocycles. The molecule has 8 heteroatoms. The molecule has 0 N–H and O–H groups in total. The average molecular weight is 302 g/mol. The average Bonchev–Trinajstić information content (AvgIpc) is 2.77. The summed E-state index contributed by atoms with van der Waals surface area (Å²) in [5, 5.41) is 6.02. The van der Waals surface area contributed by atoms with Crippen LogP contribution in [0.1, 0.15) is 29.1 Å². The van der Waals surface area contributed by atoms with E-state index in [1.165, 1.54) is 13.0 Å². The number of halogens is 2. The first kappa shape index (κ1) is 14.6. The van der Waals surface area contributed by atoms with Crippen LogP contribution in [-0.4, -0.2) is 18.7 Å². The lowest BCUT2D eigenvalue weighted by Crippen LogP contribution is -2.14. The Kier molecular flexibility index (Phi) is 3.85. The summed E-state index contributed by atoms with van der Waals surface area (Å²) >= 11 is 0. The first-order valence-electron chi connectivity index (χ1n) is 5.76. The zero-order valence-corrected chi connectivity index (χ0v) is 11.6. The molecule has 1 atom stereocenters. The fourth-order valence-electron chi connectivity index (χ4n) is 1.67. The number of hydrogen-bond donors (Lipinski definition) is 0. The third-order valence-corrected chi connectivity index (χ3v) is 5.06. The zero-order chi connectivity index (χ0) is 14.9. The second-order valence-electron chi connectivity index (χ2n) is 4.42. The van der Waals surface area contributed by atoms with Crippen LogP contribution in [0.4, 0.5) is 8.78 Å². The van der Waals surface area contributed by atoms with E-state index in [1.54, 1.807) is 6.92 Å². The molecule has 0 saturated heterocycles. The molecule has 2 rings (SSSR count). The molecule has 0 radical (unpaired) electrons. The Balaban J connectivity index is 2.29. The van der Waals surface area contributed by atoms with Crippen LogP contribution < -0.4 is 0 Å². The molecule has 0 aliphatic carbocycles. The highest BCUT2D eigenvalue weighted by atomic mass is 32.2. The molecule has 1 unspecified atom stereocenters. The maximum absolute atomic E-state index is 13.2. The molecule has 1 heterocycles. The Morgan fingerprint density at radius 3 is 2.50 bits per heavy atom. The molecule has 20 heavy (non-hydrogen) atoms. The predicted molar refractivity (Wildman–Crippen MR) is 66.4 cm³/mol. The van der Waals surface area contributed by atoms with Gasteiger partial charge >= 0.3 is 0 Å². The molecule has 108 valence electrons. The van der Waals surface area contributed by atoms with Crippen molar-refractivity contribution >= 4 is 9.84 Å². The molecule has 0 bridgehead atoms. The molecule has 0 amide bonds. The number of benzene rings is 1. The second-order valence-corrected chi connectivity index (χ2v) is 6.74. The normalized spacial score (nSPS) is 13.4. The molecule has 2 aromatic rings. The van der Waals surface area contributed by atoms with Gasteiger partial charge in [0.1, 0.15) is 11.4 Å². The van der Waals surface area contributed by atoms with Gasteiger partial charge in [0.15, 0.2) is 21.5 Å². The van der Waals surface area contributed by atoms with Gasteiger partial charge in [0.2, 0.25) is 0 Å². The van der Waals surface area contributed by atoms with Crippen LogP contribution in [0.2, 0.25) is 0 Å². The van der Waals surface area contributed by atoms with Crippen molar-refractivity contribution in [1.29, 1.82) is 0 Å². The minimum atomic E-state index is -3.64. The van der Waals surface area contributed by atoms with Crippen molar-refractivity contribution in [2.75, 3.05) is 0 Å². The van der Waals surface area contributed by atoms with Crippen LogP contribution >= 0.6 is 0 Å². The summed E-state index contributed by atoms with van der Waals surface area (Å²) in [5.74, 6) is -2.47. The van der Waals surface area contributed by atoms with E-state index in [1.807, 2.05) is 0 Å². The summed E-state index contributed by atoms with van der Waals surface area (Å²) in [4.78, 5) is 0. The molecule has 0 spiro atoms. The lowest BCUT2D eigenvalue weighted by molar-refractivity contribution is 0.302. The molecule has 0 aliphatic rings. The summed E-state index contributed by atoms with van der Waals surface area (Å²) in [6.45, 7) is 2.98. The Labute approximate surface area is 114 Å². The summed E-state index contributed by atoms with van der Waals surface area (Å²) in [6, 6.07) is 3.03. The minimum absolute atomic E-state index is 0.179. The van der Waals surface area contributed by atoms with E-state index < -0.39 is 26.7 Å². The van der Waals surface area contributed by atoms with Gasteiger partial charge in [-0.05, 0) is 31.5 Å². The number of hydrogen-bond acceptors (Lipinski definition) is 5. The smallest absolute Gasteiger partial charge is 0.162 e. The summed E-state index contributed by atoms with van der Waals surface area (Å²) < 4.78 is 54.9. The summed E-state index contributed by atoms with van der Waals surface area (Å²) in [7, 11) is -3.64. The Morgan fingerprint density at radius 2 is 1.95 bits per heavy atom. The van der Waals surface area contributed by atoms with Crippen molar-refractivity contribution in [2.24, 2.45) is 0 Å². The van der Waals surface area contributed by atoms with Gasteiger partial charge in [-0.15, -0.1) is 0 Å². The van der Waals surface area contributed by atoms with Crippen molar-refractivity contribution in [3.63, 3.8) is 0 Å². The number of aromatic nitrogens is 2. The van der Waals surface area contributed by atoms with Crippen molar-refractivity contribution < 1.29 is 21.8 Å². The topological polar surface area (TPSA) is 73.1 Å². The Morgan fingerprint density at radius 1 is 1.25 bits per heavy atom. The Bertz CT molecular complexity index is 728. The largest absolute Gasteiger partial charge is 0.244 e. The molecule has 1 aromatic carbocycles. The fraction of sp³-hybridized carbons (Fsp3) is 0.333. The van der Waals surface area contributed by atoms with Gasteiger partial charge < -0.3 is 0 Å². The first-order chi connectivity index (χ1) is 9.31. The lowest BCUT2D eigenvalue weighted by atomic mass is 10.1. The van der Waals surface area contributed by atoms with Gasteiger partial charge in [-0.3, -0.25) is 0 Å². The number of nitrogens with zero attached hydrogens (tertiary/aromatic N) is 2. The standard InChI is InChI=1S/C12H12F2N2O3S/c1-7-12(16-19-15-7)6-20(17,18)8(2)9-3-4-10(13)11(14)5-9/h3-5,8H,6H2,1-2H3. The van der Waals surface area contributed by atoms with Crippen molar-refractivity contribution in [2.45, 2.75) is 24.9 Å². The third-order valence-electron chi connectivity index (χ3n) is 3.04. The second kappa shape index (κ2) is 5.28. The highest BCUT2D eigenvalue weighted by Crippen LogP contribution is 2.26. The maximum Gasteiger partial charge on any atom is 0.162 e. The quantitative estimate of drug-likeness (QED) is 0.866. The molecular weight excluding hydrogens is 290 g/mol. The van der Waals surface area contributed by atoms with E-state index in [4.69, 9.17) is 0 Å². The van der Waals surface area contributed by atoms with Gasteiger partial charge in [-0.1, -0.05) is 16.4 Å². The minimum Gasteiger partial charge on any atom is -0.244 e. The van der Waals surface area contributed by atoms with Crippen LogP contribution in [0.5, 0.6) is 0 Å². The van der Waals surface area contributed by atoms with Gasteiger partial charge in [-0.2, -0.15) is 0 Å². The summed E-state index contributed by atoms with van der Waals surface area (Å²) in [6.07, 6.45) is 0. The monoisotopic (exact) mass is 302 g/mol. The van der Waals surface area contributed by atoms with E-state index in [2.05, 4.69) is 14.9 Å². The predicted octanol–water partition coefficient (Wildman–Crippen LogP) is 2.33. The van der Waals surface area contributed by atoms with Crippen LogP contribution in [0.15, 0.2) is 22.8 Å².